The first-order valence-corrected chi connectivity index (χ1v) is 8.29. The molecule has 2 N–H and O–H groups in total. The number of hydrogen-bond acceptors (Lipinski definition) is 6. The minimum atomic E-state index is -3.43. The highest BCUT2D eigenvalue weighted by molar-refractivity contribution is 7.91. The molecule has 0 saturated carbocycles. The van der Waals surface area contributed by atoms with E-state index in [9.17, 15) is 8.42 Å². The molecule has 2 aromatic rings. The standard InChI is InChI=1S/C13H18N4O3S/c1-2-21(18,19)13-12(14)17(16-15-13)9-6-10-20-11-7-4-3-5-8-11/h3-5,7-8H,2,6,9-10,14H2,1H3. The summed E-state index contributed by atoms with van der Waals surface area (Å²) in [5, 5.41) is 7.29. The molecule has 8 heteroatoms. The molecule has 0 unspecified atom stereocenters. The van der Waals surface area contributed by atoms with Crippen molar-refractivity contribution in [2.75, 3.05) is 18.1 Å². The van der Waals surface area contributed by atoms with Gasteiger partial charge in [-0.1, -0.05) is 30.3 Å². The van der Waals surface area contributed by atoms with E-state index in [-0.39, 0.29) is 16.6 Å². The molecular formula is C13H18N4O3S. The van der Waals surface area contributed by atoms with Gasteiger partial charge in [0, 0.05) is 13.0 Å². The third kappa shape index (κ3) is 3.72. The van der Waals surface area contributed by atoms with Gasteiger partial charge in [-0.25, -0.2) is 13.1 Å². The normalized spacial score (nSPS) is 11.5. The van der Waals surface area contributed by atoms with E-state index >= 15 is 0 Å². The Hall–Kier alpha value is -2.09. The molecule has 0 atom stereocenters. The number of nitrogen functional groups attached to an aromatic ring is 1. The van der Waals surface area contributed by atoms with Gasteiger partial charge >= 0.3 is 0 Å². The Morgan fingerprint density at radius 3 is 2.67 bits per heavy atom. The Morgan fingerprint density at radius 2 is 2.00 bits per heavy atom. The second kappa shape index (κ2) is 6.57. The zero-order valence-corrected chi connectivity index (χ0v) is 12.6. The molecule has 1 aromatic heterocycles. The van der Waals surface area contributed by atoms with Gasteiger partial charge in [-0.05, 0) is 12.1 Å². The van der Waals surface area contributed by atoms with Crippen LogP contribution in [-0.2, 0) is 16.4 Å². The van der Waals surface area contributed by atoms with Crippen molar-refractivity contribution >= 4 is 15.7 Å². The van der Waals surface area contributed by atoms with Gasteiger partial charge < -0.3 is 10.5 Å². The fourth-order valence-corrected chi connectivity index (χ4v) is 2.61. The molecule has 0 radical (unpaired) electrons. The second-order valence-electron chi connectivity index (χ2n) is 4.42. The predicted octanol–water partition coefficient (Wildman–Crippen LogP) is 1.12. The molecule has 1 aromatic carbocycles. The van der Waals surface area contributed by atoms with Crippen molar-refractivity contribution in [1.82, 2.24) is 15.0 Å². The average molecular weight is 310 g/mol. The topological polar surface area (TPSA) is 100 Å². The summed E-state index contributed by atoms with van der Waals surface area (Å²) < 4.78 is 30.4. The van der Waals surface area contributed by atoms with Crippen LogP contribution in [0.5, 0.6) is 5.75 Å². The molecular weight excluding hydrogens is 292 g/mol. The molecule has 0 spiro atoms. The fraction of sp³-hybridized carbons (Fsp3) is 0.385. The first-order valence-electron chi connectivity index (χ1n) is 6.64. The SMILES string of the molecule is CCS(=O)(=O)c1nnn(CCCOc2ccccc2)c1N. The minimum absolute atomic E-state index is 0.0486. The Labute approximate surface area is 123 Å². The maximum absolute atomic E-state index is 11.7. The zero-order chi connectivity index (χ0) is 15.3. The van der Waals surface area contributed by atoms with Crippen LogP contribution in [0, 0.1) is 0 Å². The molecule has 1 heterocycles. The maximum atomic E-state index is 11.7. The van der Waals surface area contributed by atoms with Crippen LogP contribution in [0.4, 0.5) is 5.82 Å². The number of ether oxygens (including phenoxy) is 1. The van der Waals surface area contributed by atoms with Crippen LogP contribution in [0.3, 0.4) is 0 Å². The fourth-order valence-electron chi connectivity index (χ4n) is 1.75. The minimum Gasteiger partial charge on any atom is -0.494 e. The quantitative estimate of drug-likeness (QED) is 0.769. The number of hydrogen-bond donors (Lipinski definition) is 1. The van der Waals surface area contributed by atoms with E-state index in [0.717, 1.165) is 5.75 Å². The van der Waals surface area contributed by atoms with E-state index < -0.39 is 9.84 Å². The van der Waals surface area contributed by atoms with Crippen molar-refractivity contribution in [3.63, 3.8) is 0 Å². The van der Waals surface area contributed by atoms with Crippen molar-refractivity contribution in [3.8, 4) is 5.75 Å². The molecule has 0 amide bonds. The lowest BCUT2D eigenvalue weighted by atomic mass is 10.3. The van der Waals surface area contributed by atoms with E-state index in [1.165, 1.54) is 4.68 Å². The highest BCUT2D eigenvalue weighted by Crippen LogP contribution is 2.16. The smallest absolute Gasteiger partial charge is 0.220 e. The van der Waals surface area contributed by atoms with E-state index in [1.807, 2.05) is 30.3 Å². The summed E-state index contributed by atoms with van der Waals surface area (Å²) in [7, 11) is -3.43. The maximum Gasteiger partial charge on any atom is 0.220 e. The van der Waals surface area contributed by atoms with Crippen molar-refractivity contribution in [2.45, 2.75) is 24.9 Å². The Balaban J connectivity index is 1.90. The number of benzene rings is 1. The number of nitrogens with zero attached hydrogens (tertiary/aromatic N) is 3. The highest BCUT2D eigenvalue weighted by atomic mass is 32.2. The van der Waals surface area contributed by atoms with Gasteiger partial charge in [-0.2, -0.15) is 0 Å². The molecule has 0 aliphatic rings. The lowest BCUT2D eigenvalue weighted by Crippen LogP contribution is -2.11. The first kappa shape index (κ1) is 15.3. The highest BCUT2D eigenvalue weighted by Gasteiger charge is 2.21. The number of aromatic nitrogens is 3. The Morgan fingerprint density at radius 1 is 1.29 bits per heavy atom. The molecule has 0 fully saturated rings. The largest absolute Gasteiger partial charge is 0.494 e. The van der Waals surface area contributed by atoms with Crippen LogP contribution in [0.25, 0.3) is 0 Å². The van der Waals surface area contributed by atoms with E-state index in [4.69, 9.17) is 10.5 Å². The molecule has 21 heavy (non-hydrogen) atoms. The zero-order valence-electron chi connectivity index (χ0n) is 11.8. The molecule has 0 bridgehead atoms. The third-order valence-corrected chi connectivity index (χ3v) is 4.58. The summed E-state index contributed by atoms with van der Waals surface area (Å²) >= 11 is 0. The molecule has 2 rings (SSSR count). The van der Waals surface area contributed by atoms with Crippen LogP contribution in [0.15, 0.2) is 35.4 Å². The van der Waals surface area contributed by atoms with E-state index in [2.05, 4.69) is 10.3 Å². The van der Waals surface area contributed by atoms with Crippen molar-refractivity contribution < 1.29 is 13.2 Å². The monoisotopic (exact) mass is 310 g/mol. The molecule has 114 valence electrons. The summed E-state index contributed by atoms with van der Waals surface area (Å²) in [5.41, 5.74) is 5.78. The lowest BCUT2D eigenvalue weighted by molar-refractivity contribution is 0.298. The van der Waals surface area contributed by atoms with Crippen LogP contribution in [0.1, 0.15) is 13.3 Å². The molecule has 0 aliphatic carbocycles. The summed E-state index contributed by atoms with van der Waals surface area (Å²) in [6, 6.07) is 9.45. The Kier molecular flexibility index (Phi) is 4.79. The van der Waals surface area contributed by atoms with Gasteiger partial charge in [0.05, 0.1) is 12.4 Å². The van der Waals surface area contributed by atoms with Gasteiger partial charge in [-0.3, -0.25) is 0 Å². The number of nitrogens with two attached hydrogens (primary N) is 1. The summed E-state index contributed by atoms with van der Waals surface area (Å²) in [6.07, 6.45) is 0.647. The summed E-state index contributed by atoms with van der Waals surface area (Å²) in [5.74, 6) is 0.822. The predicted molar refractivity (Wildman–Crippen MR) is 78.7 cm³/mol. The van der Waals surface area contributed by atoms with Crippen molar-refractivity contribution in [1.29, 1.82) is 0 Å². The van der Waals surface area contributed by atoms with Gasteiger partial charge in [0.25, 0.3) is 0 Å². The second-order valence-corrected chi connectivity index (χ2v) is 6.62. The van der Waals surface area contributed by atoms with Crippen molar-refractivity contribution in [3.05, 3.63) is 30.3 Å². The van der Waals surface area contributed by atoms with Gasteiger partial charge in [-0.15, -0.1) is 5.10 Å². The van der Waals surface area contributed by atoms with Crippen LogP contribution in [0.2, 0.25) is 0 Å². The van der Waals surface area contributed by atoms with Gasteiger partial charge in [0.15, 0.2) is 5.82 Å². The van der Waals surface area contributed by atoms with E-state index in [1.54, 1.807) is 6.92 Å². The first-order chi connectivity index (χ1) is 10.0. The van der Waals surface area contributed by atoms with Crippen LogP contribution >= 0.6 is 0 Å². The molecule has 0 aliphatic heterocycles. The lowest BCUT2D eigenvalue weighted by Gasteiger charge is -2.06. The average Bonchev–Trinajstić information content (AvgIpc) is 2.86. The Bertz CT molecular complexity index is 683. The number of para-hydroxylation sites is 1. The van der Waals surface area contributed by atoms with Gasteiger partial charge in [0.2, 0.25) is 14.9 Å². The number of rotatable bonds is 7. The third-order valence-electron chi connectivity index (χ3n) is 2.94. The molecule has 7 nitrogen and oxygen atoms in total. The number of aryl methyl sites for hydroxylation is 1. The summed E-state index contributed by atoms with van der Waals surface area (Å²) in [4.78, 5) is 0. The van der Waals surface area contributed by atoms with E-state index in [0.29, 0.717) is 19.6 Å². The van der Waals surface area contributed by atoms with Crippen LogP contribution in [-0.4, -0.2) is 35.8 Å². The van der Waals surface area contributed by atoms with Gasteiger partial charge in [0.1, 0.15) is 5.75 Å². The summed E-state index contributed by atoms with van der Waals surface area (Å²) in [6.45, 7) is 2.48. The molecule has 0 saturated heterocycles. The van der Waals surface area contributed by atoms with Crippen molar-refractivity contribution in [2.24, 2.45) is 0 Å². The number of sulfone groups is 1. The number of anilines is 1. The van der Waals surface area contributed by atoms with Crippen LogP contribution < -0.4 is 10.5 Å².